The zero-order valence-electron chi connectivity index (χ0n) is 10.5. The molecule has 0 saturated carbocycles. The van der Waals surface area contributed by atoms with Crippen molar-refractivity contribution < 1.29 is 14.7 Å². The predicted octanol–water partition coefficient (Wildman–Crippen LogP) is 1.36. The summed E-state index contributed by atoms with van der Waals surface area (Å²) in [5.41, 5.74) is 0.897. The Balaban J connectivity index is 1.95. The number of nitrogens with one attached hydrogen (secondary N) is 1. The molecule has 2 atom stereocenters. The Hall–Kier alpha value is -2.17. The van der Waals surface area contributed by atoms with Crippen molar-refractivity contribution in [2.24, 2.45) is 11.8 Å². The van der Waals surface area contributed by atoms with Crippen LogP contribution in [-0.2, 0) is 16.1 Å². The third-order valence-electron chi connectivity index (χ3n) is 3.28. The maximum Gasteiger partial charge on any atom is 0.307 e. The van der Waals surface area contributed by atoms with Crippen molar-refractivity contribution >= 4 is 11.9 Å². The number of hydrogen-bond acceptors (Lipinski definition) is 3. The Morgan fingerprint density at radius 3 is 2.68 bits per heavy atom. The number of carboxylic acids is 1. The summed E-state index contributed by atoms with van der Waals surface area (Å²) in [5, 5.41) is 11.9. The summed E-state index contributed by atoms with van der Waals surface area (Å²) in [4.78, 5) is 27.1. The Morgan fingerprint density at radius 2 is 2.05 bits per heavy atom. The molecule has 1 aliphatic rings. The quantitative estimate of drug-likeness (QED) is 0.801. The van der Waals surface area contributed by atoms with E-state index in [4.69, 9.17) is 5.11 Å². The molecule has 1 aliphatic carbocycles. The molecule has 0 aromatic carbocycles. The van der Waals surface area contributed by atoms with Gasteiger partial charge in [-0.3, -0.25) is 14.6 Å². The highest BCUT2D eigenvalue weighted by Crippen LogP contribution is 2.26. The number of pyridine rings is 1. The van der Waals surface area contributed by atoms with Crippen molar-refractivity contribution in [1.29, 1.82) is 0 Å². The fourth-order valence-corrected chi connectivity index (χ4v) is 2.20. The lowest BCUT2D eigenvalue weighted by molar-refractivity contribution is -0.147. The van der Waals surface area contributed by atoms with Crippen LogP contribution < -0.4 is 5.32 Å². The van der Waals surface area contributed by atoms with Gasteiger partial charge in [0.25, 0.3) is 0 Å². The number of carboxylic acid groups (broad SMARTS) is 1. The fraction of sp³-hybridized carbons (Fsp3) is 0.357. The van der Waals surface area contributed by atoms with Gasteiger partial charge in [0.05, 0.1) is 11.8 Å². The van der Waals surface area contributed by atoms with E-state index >= 15 is 0 Å². The lowest BCUT2D eigenvalue weighted by Crippen LogP contribution is -2.38. The molecule has 2 unspecified atom stereocenters. The first kappa shape index (κ1) is 13.3. The van der Waals surface area contributed by atoms with E-state index in [-0.39, 0.29) is 5.91 Å². The summed E-state index contributed by atoms with van der Waals surface area (Å²) in [5.74, 6) is -2.23. The summed E-state index contributed by atoms with van der Waals surface area (Å²) >= 11 is 0. The van der Waals surface area contributed by atoms with Gasteiger partial charge in [-0.2, -0.15) is 0 Å². The van der Waals surface area contributed by atoms with Crippen molar-refractivity contribution in [2.45, 2.75) is 19.4 Å². The molecule has 0 aliphatic heterocycles. The lowest BCUT2D eigenvalue weighted by Gasteiger charge is -2.24. The van der Waals surface area contributed by atoms with E-state index in [0.29, 0.717) is 19.4 Å². The van der Waals surface area contributed by atoms with Gasteiger partial charge in [0, 0.05) is 18.9 Å². The number of aromatic nitrogens is 1. The third kappa shape index (κ3) is 3.40. The van der Waals surface area contributed by atoms with Gasteiger partial charge in [-0.15, -0.1) is 0 Å². The third-order valence-corrected chi connectivity index (χ3v) is 3.28. The highest BCUT2D eigenvalue weighted by Gasteiger charge is 2.33. The fourth-order valence-electron chi connectivity index (χ4n) is 2.20. The molecule has 0 saturated heterocycles. The summed E-state index contributed by atoms with van der Waals surface area (Å²) in [6.45, 7) is 0.374. The zero-order chi connectivity index (χ0) is 13.7. The average molecular weight is 260 g/mol. The Morgan fingerprint density at radius 1 is 1.32 bits per heavy atom. The van der Waals surface area contributed by atoms with E-state index in [9.17, 15) is 9.59 Å². The van der Waals surface area contributed by atoms with Crippen LogP contribution >= 0.6 is 0 Å². The highest BCUT2D eigenvalue weighted by molar-refractivity contribution is 5.85. The SMILES string of the molecule is O=C(O)C1CC=CCC1C(=O)NCc1cccnc1. The predicted molar refractivity (Wildman–Crippen MR) is 69.1 cm³/mol. The van der Waals surface area contributed by atoms with E-state index in [1.165, 1.54) is 0 Å². The van der Waals surface area contributed by atoms with Crippen LogP contribution in [0.1, 0.15) is 18.4 Å². The Bertz CT molecular complexity index is 485. The molecule has 2 rings (SSSR count). The maximum atomic E-state index is 12.1. The minimum Gasteiger partial charge on any atom is -0.481 e. The lowest BCUT2D eigenvalue weighted by atomic mass is 9.82. The van der Waals surface area contributed by atoms with E-state index < -0.39 is 17.8 Å². The number of hydrogen-bond donors (Lipinski definition) is 2. The second-order valence-electron chi connectivity index (χ2n) is 4.57. The smallest absolute Gasteiger partial charge is 0.307 e. The summed E-state index contributed by atoms with van der Waals surface area (Å²) in [7, 11) is 0. The van der Waals surface area contributed by atoms with Gasteiger partial charge < -0.3 is 10.4 Å². The molecule has 0 radical (unpaired) electrons. The molecule has 0 fully saturated rings. The average Bonchev–Trinajstić information content (AvgIpc) is 2.46. The number of aliphatic carboxylic acids is 1. The highest BCUT2D eigenvalue weighted by atomic mass is 16.4. The van der Waals surface area contributed by atoms with Crippen LogP contribution in [-0.4, -0.2) is 22.0 Å². The first-order valence-electron chi connectivity index (χ1n) is 6.23. The molecule has 0 bridgehead atoms. The number of allylic oxidation sites excluding steroid dienone is 2. The Labute approximate surface area is 111 Å². The molecule has 2 N–H and O–H groups in total. The van der Waals surface area contributed by atoms with Gasteiger partial charge in [-0.25, -0.2) is 0 Å². The van der Waals surface area contributed by atoms with Crippen LogP contribution in [0.2, 0.25) is 0 Å². The van der Waals surface area contributed by atoms with Gasteiger partial charge in [-0.1, -0.05) is 18.2 Å². The molecule has 1 aromatic heterocycles. The molecule has 1 aromatic rings. The van der Waals surface area contributed by atoms with Crippen LogP contribution in [0, 0.1) is 11.8 Å². The van der Waals surface area contributed by atoms with Gasteiger partial charge >= 0.3 is 5.97 Å². The molecular weight excluding hydrogens is 244 g/mol. The number of nitrogens with zero attached hydrogens (tertiary/aromatic N) is 1. The molecule has 1 amide bonds. The molecule has 0 spiro atoms. The standard InChI is InChI=1S/C14H16N2O3/c17-13(16-9-10-4-3-7-15-8-10)11-5-1-2-6-12(11)14(18)19/h1-4,7-8,11-12H,5-6,9H2,(H,16,17)(H,18,19). The summed E-state index contributed by atoms with van der Waals surface area (Å²) in [6.07, 6.45) is 7.93. The Kier molecular flexibility index (Phi) is 4.28. The van der Waals surface area contributed by atoms with Crippen molar-refractivity contribution in [2.75, 3.05) is 0 Å². The normalized spacial score (nSPS) is 21.9. The second-order valence-corrected chi connectivity index (χ2v) is 4.57. The summed E-state index contributed by atoms with van der Waals surface area (Å²) < 4.78 is 0. The first-order chi connectivity index (χ1) is 9.18. The number of carbonyl (C=O) groups is 2. The van der Waals surface area contributed by atoms with Gasteiger partial charge in [0.2, 0.25) is 5.91 Å². The monoisotopic (exact) mass is 260 g/mol. The molecule has 5 nitrogen and oxygen atoms in total. The first-order valence-corrected chi connectivity index (χ1v) is 6.23. The van der Waals surface area contributed by atoms with Crippen molar-refractivity contribution in [1.82, 2.24) is 10.3 Å². The molecule has 19 heavy (non-hydrogen) atoms. The van der Waals surface area contributed by atoms with Gasteiger partial charge in [0.15, 0.2) is 0 Å². The van der Waals surface area contributed by atoms with Crippen molar-refractivity contribution in [3.8, 4) is 0 Å². The van der Waals surface area contributed by atoms with E-state index in [2.05, 4.69) is 10.3 Å². The molecular formula is C14H16N2O3. The number of rotatable bonds is 4. The van der Waals surface area contributed by atoms with Gasteiger partial charge in [-0.05, 0) is 24.5 Å². The van der Waals surface area contributed by atoms with Crippen molar-refractivity contribution in [3.05, 3.63) is 42.2 Å². The molecule has 1 heterocycles. The molecule has 5 heteroatoms. The van der Waals surface area contributed by atoms with Crippen LogP contribution in [0.4, 0.5) is 0 Å². The number of amides is 1. The minimum atomic E-state index is -0.911. The van der Waals surface area contributed by atoms with Crippen LogP contribution in [0.25, 0.3) is 0 Å². The van der Waals surface area contributed by atoms with E-state index in [1.54, 1.807) is 18.5 Å². The van der Waals surface area contributed by atoms with Gasteiger partial charge in [0.1, 0.15) is 0 Å². The molecule has 100 valence electrons. The van der Waals surface area contributed by atoms with Crippen molar-refractivity contribution in [3.63, 3.8) is 0 Å². The minimum absolute atomic E-state index is 0.208. The number of carbonyl (C=O) groups excluding carboxylic acids is 1. The maximum absolute atomic E-state index is 12.1. The van der Waals surface area contributed by atoms with E-state index in [1.807, 2.05) is 18.2 Å². The van der Waals surface area contributed by atoms with E-state index in [0.717, 1.165) is 5.56 Å². The van der Waals surface area contributed by atoms with Crippen LogP contribution in [0.3, 0.4) is 0 Å². The van der Waals surface area contributed by atoms with Crippen LogP contribution in [0.15, 0.2) is 36.7 Å². The summed E-state index contributed by atoms with van der Waals surface area (Å²) in [6, 6.07) is 3.66. The second kappa shape index (κ2) is 6.13. The van der Waals surface area contributed by atoms with Crippen LogP contribution in [0.5, 0.6) is 0 Å². The zero-order valence-corrected chi connectivity index (χ0v) is 10.5. The largest absolute Gasteiger partial charge is 0.481 e. The topological polar surface area (TPSA) is 79.3 Å².